The molecule has 1 aromatic rings. The molecular weight excluding hydrogens is 274 g/mol. The molecule has 0 aliphatic heterocycles. The van der Waals surface area contributed by atoms with Gasteiger partial charge in [0.15, 0.2) is 0 Å². The van der Waals surface area contributed by atoms with Crippen molar-refractivity contribution in [1.82, 2.24) is 9.80 Å². The van der Waals surface area contributed by atoms with Gasteiger partial charge in [-0.15, -0.1) is 0 Å². The molecule has 0 heterocycles. The Morgan fingerprint density at radius 2 is 1.70 bits per heavy atom. The van der Waals surface area contributed by atoms with Crippen molar-refractivity contribution in [2.75, 3.05) is 40.0 Å². The molecule has 0 aliphatic carbocycles. The average molecular weight is 293 g/mol. The standard InChI is InChI=1S/C13H19F4N3/c1-19(2)4-5-20(3)8-9-6-11(14)12(18)7-10(9)13(15,16)17/h6-7H,4-5,8,18H2,1-3H3. The van der Waals surface area contributed by atoms with Crippen LogP contribution in [0.4, 0.5) is 23.2 Å². The Balaban J connectivity index is 2.96. The van der Waals surface area contributed by atoms with Crippen molar-refractivity contribution in [1.29, 1.82) is 0 Å². The third kappa shape index (κ3) is 4.64. The van der Waals surface area contributed by atoms with Gasteiger partial charge in [-0.25, -0.2) is 4.39 Å². The van der Waals surface area contributed by atoms with Crippen molar-refractivity contribution < 1.29 is 17.6 Å². The summed E-state index contributed by atoms with van der Waals surface area (Å²) in [5, 5.41) is 0. The fraction of sp³-hybridized carbons (Fsp3) is 0.538. The van der Waals surface area contributed by atoms with Gasteiger partial charge in [0.1, 0.15) is 5.82 Å². The van der Waals surface area contributed by atoms with Crippen LogP contribution in [0.3, 0.4) is 0 Å². The van der Waals surface area contributed by atoms with Gasteiger partial charge in [-0.3, -0.25) is 0 Å². The first-order valence-corrected chi connectivity index (χ1v) is 6.09. The molecule has 0 aliphatic rings. The van der Waals surface area contributed by atoms with Crippen molar-refractivity contribution in [3.63, 3.8) is 0 Å². The number of halogens is 4. The monoisotopic (exact) mass is 293 g/mol. The maximum Gasteiger partial charge on any atom is 0.416 e. The Morgan fingerprint density at radius 3 is 2.20 bits per heavy atom. The average Bonchev–Trinajstić information content (AvgIpc) is 2.29. The van der Waals surface area contributed by atoms with Gasteiger partial charge in [-0.2, -0.15) is 13.2 Å². The predicted molar refractivity (Wildman–Crippen MR) is 70.7 cm³/mol. The topological polar surface area (TPSA) is 32.5 Å². The Hall–Kier alpha value is -1.34. The van der Waals surface area contributed by atoms with Gasteiger partial charge in [-0.1, -0.05) is 0 Å². The molecule has 7 heteroatoms. The van der Waals surface area contributed by atoms with Crippen LogP contribution in [-0.4, -0.2) is 44.0 Å². The minimum Gasteiger partial charge on any atom is -0.396 e. The van der Waals surface area contributed by atoms with E-state index in [0.717, 1.165) is 6.07 Å². The van der Waals surface area contributed by atoms with Gasteiger partial charge in [0, 0.05) is 19.6 Å². The second-order valence-electron chi connectivity index (χ2n) is 5.07. The fourth-order valence-electron chi connectivity index (χ4n) is 1.77. The van der Waals surface area contributed by atoms with Crippen LogP contribution in [-0.2, 0) is 12.7 Å². The molecule has 0 atom stereocenters. The zero-order valence-electron chi connectivity index (χ0n) is 11.8. The number of rotatable bonds is 5. The number of nitrogens with zero attached hydrogens (tertiary/aromatic N) is 2. The van der Waals surface area contributed by atoms with Crippen molar-refractivity contribution in [3.8, 4) is 0 Å². The van der Waals surface area contributed by atoms with E-state index in [2.05, 4.69) is 0 Å². The number of hydrogen-bond donors (Lipinski definition) is 1. The largest absolute Gasteiger partial charge is 0.416 e. The third-order valence-electron chi connectivity index (χ3n) is 2.90. The maximum absolute atomic E-state index is 13.4. The minimum atomic E-state index is -4.54. The smallest absolute Gasteiger partial charge is 0.396 e. The van der Waals surface area contributed by atoms with Gasteiger partial charge < -0.3 is 15.5 Å². The highest BCUT2D eigenvalue weighted by Gasteiger charge is 2.34. The van der Waals surface area contributed by atoms with E-state index in [0.29, 0.717) is 19.2 Å². The second kappa shape index (κ2) is 6.41. The van der Waals surface area contributed by atoms with Crippen LogP contribution >= 0.6 is 0 Å². The summed E-state index contributed by atoms with van der Waals surface area (Å²) in [6.45, 7) is 1.30. The lowest BCUT2D eigenvalue weighted by molar-refractivity contribution is -0.138. The Bertz CT molecular complexity index is 458. The quantitative estimate of drug-likeness (QED) is 0.668. The van der Waals surface area contributed by atoms with Gasteiger partial charge >= 0.3 is 6.18 Å². The maximum atomic E-state index is 13.4. The van der Waals surface area contributed by atoms with Crippen LogP contribution in [0.2, 0.25) is 0 Å². The van der Waals surface area contributed by atoms with Crippen LogP contribution in [0.5, 0.6) is 0 Å². The summed E-state index contributed by atoms with van der Waals surface area (Å²) < 4.78 is 52.2. The number of nitrogen functional groups attached to an aromatic ring is 1. The highest BCUT2D eigenvalue weighted by atomic mass is 19.4. The molecule has 1 aromatic carbocycles. The second-order valence-corrected chi connectivity index (χ2v) is 5.07. The summed E-state index contributed by atoms with van der Waals surface area (Å²) in [5.74, 6) is -0.825. The van der Waals surface area contributed by atoms with Crippen LogP contribution < -0.4 is 5.73 Å². The number of alkyl halides is 3. The number of likely N-dealkylation sites (N-methyl/N-ethyl adjacent to an activating group) is 2. The lowest BCUT2D eigenvalue weighted by Gasteiger charge is -2.22. The van der Waals surface area contributed by atoms with Crippen molar-refractivity contribution >= 4 is 5.69 Å². The molecular formula is C13H19F4N3. The SMILES string of the molecule is CN(C)CCN(C)Cc1cc(F)c(N)cc1C(F)(F)F. The molecule has 114 valence electrons. The molecule has 2 N–H and O–H groups in total. The molecule has 0 amide bonds. The van der Waals surface area contributed by atoms with Crippen LogP contribution in [0, 0.1) is 5.82 Å². The molecule has 0 saturated heterocycles. The van der Waals surface area contributed by atoms with E-state index < -0.39 is 23.2 Å². The van der Waals surface area contributed by atoms with E-state index in [4.69, 9.17) is 5.73 Å². The summed E-state index contributed by atoms with van der Waals surface area (Å²) in [4.78, 5) is 3.63. The summed E-state index contributed by atoms with van der Waals surface area (Å²) >= 11 is 0. The van der Waals surface area contributed by atoms with Crippen LogP contribution in [0.1, 0.15) is 11.1 Å². The van der Waals surface area contributed by atoms with E-state index in [1.807, 2.05) is 19.0 Å². The highest BCUT2D eigenvalue weighted by molar-refractivity contribution is 5.47. The summed E-state index contributed by atoms with van der Waals surface area (Å²) in [6.07, 6.45) is -4.54. The van der Waals surface area contributed by atoms with Crippen molar-refractivity contribution in [2.24, 2.45) is 0 Å². The van der Waals surface area contributed by atoms with E-state index in [1.54, 1.807) is 11.9 Å². The summed E-state index contributed by atoms with van der Waals surface area (Å²) in [7, 11) is 5.44. The molecule has 1 rings (SSSR count). The van der Waals surface area contributed by atoms with E-state index in [-0.39, 0.29) is 12.1 Å². The zero-order valence-corrected chi connectivity index (χ0v) is 11.8. The van der Waals surface area contributed by atoms with E-state index in [9.17, 15) is 17.6 Å². The first-order chi connectivity index (χ1) is 9.11. The molecule has 0 bridgehead atoms. The molecule has 0 spiro atoms. The lowest BCUT2D eigenvalue weighted by Crippen LogP contribution is -2.29. The summed E-state index contributed by atoms with van der Waals surface area (Å²) in [6, 6.07) is 1.52. The first-order valence-electron chi connectivity index (χ1n) is 6.09. The van der Waals surface area contributed by atoms with Gasteiger partial charge in [-0.05, 0) is 38.8 Å². The molecule has 0 radical (unpaired) electrons. The van der Waals surface area contributed by atoms with Crippen molar-refractivity contribution in [3.05, 3.63) is 29.1 Å². The fourth-order valence-corrected chi connectivity index (χ4v) is 1.77. The predicted octanol–water partition coefficient (Wildman–Crippen LogP) is 2.42. The molecule has 0 unspecified atom stereocenters. The third-order valence-corrected chi connectivity index (χ3v) is 2.90. The first kappa shape index (κ1) is 16.7. The molecule has 3 nitrogen and oxygen atoms in total. The summed E-state index contributed by atoms with van der Waals surface area (Å²) in [5.41, 5.74) is 3.74. The van der Waals surface area contributed by atoms with E-state index in [1.165, 1.54) is 0 Å². The minimum absolute atomic E-state index is 0.0138. The Morgan fingerprint density at radius 1 is 1.10 bits per heavy atom. The van der Waals surface area contributed by atoms with Gasteiger partial charge in [0.05, 0.1) is 11.3 Å². The van der Waals surface area contributed by atoms with Crippen LogP contribution in [0.15, 0.2) is 12.1 Å². The van der Waals surface area contributed by atoms with Gasteiger partial charge in [0.25, 0.3) is 0 Å². The lowest BCUT2D eigenvalue weighted by atomic mass is 10.0. The number of anilines is 1. The number of nitrogens with two attached hydrogens (primary N) is 1. The normalized spacial score (nSPS) is 12.4. The molecule has 0 fully saturated rings. The highest BCUT2D eigenvalue weighted by Crippen LogP contribution is 2.34. The van der Waals surface area contributed by atoms with Crippen molar-refractivity contribution in [2.45, 2.75) is 12.7 Å². The zero-order chi connectivity index (χ0) is 15.5. The Kier molecular flexibility index (Phi) is 5.35. The number of benzene rings is 1. The molecule has 0 aromatic heterocycles. The Labute approximate surface area is 116 Å². The van der Waals surface area contributed by atoms with E-state index >= 15 is 0 Å². The molecule has 20 heavy (non-hydrogen) atoms. The number of hydrogen-bond acceptors (Lipinski definition) is 3. The van der Waals surface area contributed by atoms with Gasteiger partial charge in [0.2, 0.25) is 0 Å². The molecule has 0 saturated carbocycles. The van der Waals surface area contributed by atoms with Crippen LogP contribution in [0.25, 0.3) is 0 Å².